The Hall–Kier alpha value is -4.26. The first-order chi connectivity index (χ1) is 17.5. The second-order valence-electron chi connectivity index (χ2n) is 8.68. The maximum absolute atomic E-state index is 12.8. The molecule has 3 aromatic carbocycles. The smallest absolute Gasteiger partial charge is 0.338 e. The lowest BCUT2D eigenvalue weighted by atomic mass is 10.1. The third kappa shape index (κ3) is 5.86. The van der Waals surface area contributed by atoms with Crippen LogP contribution < -0.4 is 5.32 Å². The molecule has 36 heavy (non-hydrogen) atoms. The fourth-order valence-electron chi connectivity index (χ4n) is 4.05. The number of benzene rings is 3. The maximum atomic E-state index is 12.8. The van der Waals surface area contributed by atoms with E-state index < -0.39 is 24.4 Å². The maximum Gasteiger partial charge on any atom is 0.338 e. The third-order valence-electron chi connectivity index (χ3n) is 6.06. The summed E-state index contributed by atoms with van der Waals surface area (Å²) >= 11 is 0. The number of rotatable bonds is 10. The summed E-state index contributed by atoms with van der Waals surface area (Å²) in [6.45, 7) is 1.91. The quantitative estimate of drug-likeness (QED) is 0.334. The molecule has 0 saturated carbocycles. The molecule has 0 radical (unpaired) electrons. The first-order valence-corrected chi connectivity index (χ1v) is 12.1. The zero-order valence-electron chi connectivity index (χ0n) is 20.2. The van der Waals surface area contributed by atoms with Crippen molar-refractivity contribution in [2.45, 2.75) is 32.6 Å². The van der Waals surface area contributed by atoms with Gasteiger partial charge in [-0.15, -0.1) is 0 Å². The minimum atomic E-state index is -0.745. The molecule has 1 aliphatic heterocycles. The lowest BCUT2D eigenvalue weighted by molar-refractivity contribution is -0.119. The number of imide groups is 1. The van der Waals surface area contributed by atoms with Gasteiger partial charge in [0.2, 0.25) is 0 Å². The highest BCUT2D eigenvalue weighted by atomic mass is 16.5. The third-order valence-corrected chi connectivity index (χ3v) is 6.06. The van der Waals surface area contributed by atoms with Gasteiger partial charge >= 0.3 is 5.97 Å². The highest BCUT2D eigenvalue weighted by molar-refractivity contribution is 6.22. The molecule has 0 bridgehead atoms. The Kier molecular flexibility index (Phi) is 7.90. The number of amides is 3. The van der Waals surface area contributed by atoms with E-state index in [0.717, 1.165) is 24.8 Å². The summed E-state index contributed by atoms with van der Waals surface area (Å²) in [6, 6.07) is 21.4. The van der Waals surface area contributed by atoms with Gasteiger partial charge in [-0.3, -0.25) is 19.3 Å². The van der Waals surface area contributed by atoms with Crippen molar-refractivity contribution in [3.05, 3.63) is 101 Å². The van der Waals surface area contributed by atoms with E-state index in [-0.39, 0.29) is 29.1 Å². The van der Waals surface area contributed by atoms with Crippen molar-refractivity contribution in [2.75, 3.05) is 18.5 Å². The Bertz CT molecular complexity index is 1270. The monoisotopic (exact) mass is 484 g/mol. The number of carbonyl (C=O) groups excluding carboxylic acids is 4. The van der Waals surface area contributed by atoms with E-state index in [4.69, 9.17) is 4.74 Å². The lowest BCUT2D eigenvalue weighted by Gasteiger charge is -2.13. The molecule has 0 saturated heterocycles. The van der Waals surface area contributed by atoms with Crippen LogP contribution in [-0.4, -0.2) is 41.7 Å². The predicted molar refractivity (Wildman–Crippen MR) is 136 cm³/mol. The van der Waals surface area contributed by atoms with Gasteiger partial charge in [-0.05, 0) is 60.7 Å². The van der Waals surface area contributed by atoms with Crippen LogP contribution in [0.4, 0.5) is 5.69 Å². The number of hydrogen-bond acceptors (Lipinski definition) is 5. The van der Waals surface area contributed by atoms with Crippen LogP contribution in [0.25, 0.3) is 0 Å². The molecule has 7 heteroatoms. The van der Waals surface area contributed by atoms with Crippen molar-refractivity contribution in [2.24, 2.45) is 0 Å². The van der Waals surface area contributed by atoms with Crippen molar-refractivity contribution < 1.29 is 23.9 Å². The summed E-state index contributed by atoms with van der Waals surface area (Å²) in [5, 5.41) is 2.70. The van der Waals surface area contributed by atoms with Gasteiger partial charge < -0.3 is 10.1 Å². The molecule has 4 rings (SSSR count). The minimum absolute atomic E-state index is 0.105. The van der Waals surface area contributed by atoms with Crippen LogP contribution in [0.3, 0.4) is 0 Å². The van der Waals surface area contributed by atoms with Gasteiger partial charge in [-0.25, -0.2) is 4.79 Å². The number of aryl methyl sites for hydroxylation is 1. The first kappa shape index (κ1) is 24.9. The Balaban J connectivity index is 1.32. The molecule has 184 valence electrons. The summed E-state index contributed by atoms with van der Waals surface area (Å²) in [7, 11) is 0. The normalized spacial score (nSPS) is 12.4. The fraction of sp³-hybridized carbons (Fsp3) is 0.241. The molecule has 3 amide bonds. The van der Waals surface area contributed by atoms with Crippen LogP contribution in [-0.2, 0) is 22.4 Å². The largest absolute Gasteiger partial charge is 0.452 e. The standard InChI is InChI=1S/C29H28N2O5/c1-2-3-7-21-10-13-23(14-11-21)30-26(32)19-36-29(35)22-12-15-24-25(18-22)28(34)31(27(24)33)17-16-20-8-5-4-6-9-20/h4-6,8-15,18H,2-3,7,16-17,19H2,1H3,(H,30,32). The lowest BCUT2D eigenvalue weighted by Crippen LogP contribution is -2.31. The van der Waals surface area contributed by atoms with E-state index in [0.29, 0.717) is 12.1 Å². The number of ether oxygens (including phenoxy) is 1. The average molecular weight is 485 g/mol. The molecular formula is C29H28N2O5. The Labute approximate surface area is 210 Å². The van der Waals surface area contributed by atoms with Crippen LogP contribution in [0, 0.1) is 0 Å². The van der Waals surface area contributed by atoms with Crippen LogP contribution >= 0.6 is 0 Å². The van der Waals surface area contributed by atoms with Gasteiger partial charge in [0, 0.05) is 12.2 Å². The van der Waals surface area contributed by atoms with Crippen molar-refractivity contribution >= 4 is 29.4 Å². The molecule has 0 aromatic heterocycles. The zero-order chi connectivity index (χ0) is 25.5. The van der Waals surface area contributed by atoms with E-state index in [1.807, 2.05) is 54.6 Å². The number of unbranched alkanes of at least 4 members (excludes halogenated alkanes) is 1. The molecule has 0 fully saturated rings. The van der Waals surface area contributed by atoms with Crippen molar-refractivity contribution in [3.63, 3.8) is 0 Å². The van der Waals surface area contributed by atoms with Gasteiger partial charge in [-0.1, -0.05) is 55.8 Å². The highest BCUT2D eigenvalue weighted by Crippen LogP contribution is 2.25. The number of carbonyl (C=O) groups is 4. The minimum Gasteiger partial charge on any atom is -0.452 e. The summed E-state index contributed by atoms with van der Waals surface area (Å²) in [4.78, 5) is 51.5. The van der Waals surface area contributed by atoms with E-state index >= 15 is 0 Å². The number of esters is 1. The number of nitrogens with one attached hydrogen (secondary N) is 1. The molecule has 0 atom stereocenters. The molecule has 1 N–H and O–H groups in total. The van der Waals surface area contributed by atoms with E-state index in [1.165, 1.54) is 28.7 Å². The number of anilines is 1. The zero-order valence-corrected chi connectivity index (χ0v) is 20.2. The van der Waals surface area contributed by atoms with Gasteiger partial charge in [0.25, 0.3) is 17.7 Å². The molecule has 0 spiro atoms. The molecule has 1 aliphatic rings. The second-order valence-corrected chi connectivity index (χ2v) is 8.68. The van der Waals surface area contributed by atoms with Crippen LogP contribution in [0.5, 0.6) is 0 Å². The summed E-state index contributed by atoms with van der Waals surface area (Å²) in [5.41, 5.74) is 3.36. The Morgan fingerprint density at radius 2 is 1.53 bits per heavy atom. The summed E-state index contributed by atoms with van der Waals surface area (Å²) in [5.74, 6) is -2.04. The Morgan fingerprint density at radius 3 is 2.25 bits per heavy atom. The van der Waals surface area contributed by atoms with Gasteiger partial charge in [0.15, 0.2) is 6.61 Å². The molecule has 0 unspecified atom stereocenters. The van der Waals surface area contributed by atoms with Gasteiger partial charge in [0.05, 0.1) is 16.7 Å². The molecule has 1 heterocycles. The van der Waals surface area contributed by atoms with Crippen molar-refractivity contribution in [1.82, 2.24) is 4.90 Å². The topological polar surface area (TPSA) is 92.8 Å². The summed E-state index contributed by atoms with van der Waals surface area (Å²) in [6.07, 6.45) is 3.75. The van der Waals surface area contributed by atoms with Crippen molar-refractivity contribution in [3.8, 4) is 0 Å². The molecule has 0 aliphatic carbocycles. The average Bonchev–Trinajstić information content (AvgIpc) is 3.14. The van der Waals surface area contributed by atoms with Crippen LogP contribution in [0.2, 0.25) is 0 Å². The second kappa shape index (κ2) is 11.4. The highest BCUT2D eigenvalue weighted by Gasteiger charge is 2.35. The first-order valence-electron chi connectivity index (χ1n) is 12.1. The SMILES string of the molecule is CCCCc1ccc(NC(=O)COC(=O)c2ccc3c(c2)C(=O)N(CCc2ccccc2)C3=O)cc1. The number of hydrogen-bond donors (Lipinski definition) is 1. The number of fused-ring (bicyclic) bond motifs is 1. The van der Waals surface area contributed by atoms with Gasteiger partial charge in [-0.2, -0.15) is 0 Å². The van der Waals surface area contributed by atoms with E-state index in [1.54, 1.807) is 0 Å². The van der Waals surface area contributed by atoms with Gasteiger partial charge in [0.1, 0.15) is 0 Å². The summed E-state index contributed by atoms with van der Waals surface area (Å²) < 4.78 is 5.13. The molecule has 3 aromatic rings. The fourth-order valence-corrected chi connectivity index (χ4v) is 4.05. The molecule has 7 nitrogen and oxygen atoms in total. The van der Waals surface area contributed by atoms with Crippen LogP contribution in [0.15, 0.2) is 72.8 Å². The Morgan fingerprint density at radius 1 is 0.833 bits per heavy atom. The van der Waals surface area contributed by atoms with E-state index in [9.17, 15) is 19.2 Å². The van der Waals surface area contributed by atoms with Crippen LogP contribution in [0.1, 0.15) is 62.0 Å². The predicted octanol–water partition coefficient (Wildman–Crippen LogP) is 4.66. The number of nitrogens with zero attached hydrogens (tertiary/aromatic N) is 1. The van der Waals surface area contributed by atoms with E-state index in [2.05, 4.69) is 12.2 Å². The van der Waals surface area contributed by atoms with Crippen molar-refractivity contribution in [1.29, 1.82) is 0 Å². The molecular weight excluding hydrogens is 456 g/mol.